The molecule has 0 aliphatic carbocycles. The van der Waals surface area contributed by atoms with Crippen molar-refractivity contribution in [1.29, 1.82) is 0 Å². The molecular weight excluding hydrogens is 1200 g/mol. The highest BCUT2D eigenvalue weighted by Crippen LogP contribution is 2.30. The van der Waals surface area contributed by atoms with E-state index in [1.54, 1.807) is 125 Å². The molecule has 0 radical (unpaired) electrons. The lowest BCUT2D eigenvalue weighted by atomic mass is 9.84. The number of imide groups is 1. The van der Waals surface area contributed by atoms with Gasteiger partial charge in [-0.25, -0.2) is 0 Å². The van der Waals surface area contributed by atoms with Crippen LogP contribution in [0.2, 0.25) is 0 Å². The molecule has 26 nitrogen and oxygen atoms in total. The van der Waals surface area contributed by atoms with Crippen molar-refractivity contribution in [3.8, 4) is 0 Å². The van der Waals surface area contributed by atoms with Crippen molar-refractivity contribution in [2.24, 2.45) is 54.1 Å². The van der Waals surface area contributed by atoms with E-state index >= 15 is 0 Å². The molecular formula is C66H110N4O22. The molecule has 0 saturated carbocycles. The van der Waals surface area contributed by atoms with Gasteiger partial charge >= 0.3 is 35.8 Å². The number of rotatable bonds is 39. The van der Waals surface area contributed by atoms with Crippen LogP contribution in [0.4, 0.5) is 0 Å². The summed E-state index contributed by atoms with van der Waals surface area (Å²) in [5, 5.41) is 8.64. The van der Waals surface area contributed by atoms with Crippen LogP contribution in [0.15, 0.2) is 12.2 Å². The number of hydrogen-bond donors (Lipinski definition) is 3. The molecule has 1 aliphatic heterocycles. The smallest absolute Gasteiger partial charge is 0.311 e. The first-order chi connectivity index (χ1) is 41.9. The van der Waals surface area contributed by atoms with Gasteiger partial charge in [-0.2, -0.15) is 0 Å². The molecule has 0 fully saturated rings. The third-order valence-electron chi connectivity index (χ3n) is 14.1. The Morgan fingerprint density at radius 3 is 0.826 bits per heavy atom. The summed E-state index contributed by atoms with van der Waals surface area (Å²) in [4.78, 5) is 161. The molecule has 0 saturated heterocycles. The Morgan fingerprint density at radius 2 is 0.576 bits per heavy atom. The monoisotopic (exact) mass is 1310 g/mol. The van der Waals surface area contributed by atoms with Crippen LogP contribution in [0.5, 0.6) is 0 Å². The lowest BCUT2D eigenvalue weighted by Crippen LogP contribution is -2.59. The van der Waals surface area contributed by atoms with Crippen LogP contribution in [0, 0.1) is 54.1 Å². The Labute approximate surface area is 544 Å². The van der Waals surface area contributed by atoms with Gasteiger partial charge in [-0.1, -0.05) is 0 Å². The number of hydrogen-bond acceptors (Lipinski definition) is 22. The summed E-state index contributed by atoms with van der Waals surface area (Å²) in [7, 11) is 0. The number of Topliss-reactive ketones (excluding diaryl/α,β-unsaturated/α-hetero) is 1. The maximum atomic E-state index is 14.9. The Kier molecular flexibility index (Phi) is 32.5. The van der Waals surface area contributed by atoms with Crippen LogP contribution >= 0.6 is 0 Å². The zero-order valence-corrected chi connectivity index (χ0v) is 58.9. The van der Waals surface area contributed by atoms with Gasteiger partial charge in [0.1, 0.15) is 61.7 Å². The minimum atomic E-state index is -1.76. The van der Waals surface area contributed by atoms with Crippen LogP contribution in [0.3, 0.4) is 0 Å². The fourth-order valence-electron chi connectivity index (χ4n) is 7.28. The lowest BCUT2D eigenvalue weighted by Gasteiger charge is -2.38. The van der Waals surface area contributed by atoms with Gasteiger partial charge < -0.3 is 63.3 Å². The van der Waals surface area contributed by atoms with Crippen molar-refractivity contribution in [2.75, 3.05) is 119 Å². The van der Waals surface area contributed by atoms with E-state index in [0.29, 0.717) is 6.42 Å². The highest BCUT2D eigenvalue weighted by molar-refractivity contribution is 6.13. The molecule has 1 heterocycles. The number of carbonyl (C=O) groups excluding carboxylic acids is 12. The number of esters is 6. The Balaban J connectivity index is 3.81. The predicted octanol–water partition coefficient (Wildman–Crippen LogP) is 5.61. The number of nitrogens with one attached hydrogen (secondary N) is 3. The van der Waals surface area contributed by atoms with Gasteiger partial charge in [0.05, 0.1) is 78.7 Å². The molecule has 0 atom stereocenters. The van der Waals surface area contributed by atoms with Crippen LogP contribution in [0.25, 0.3) is 0 Å². The van der Waals surface area contributed by atoms with Gasteiger partial charge in [0.15, 0.2) is 0 Å². The summed E-state index contributed by atoms with van der Waals surface area (Å²) in [6.07, 6.45) is 3.03. The summed E-state index contributed by atoms with van der Waals surface area (Å²) in [6.45, 7) is 29.1. The van der Waals surface area contributed by atoms with Crippen molar-refractivity contribution < 1.29 is 105 Å². The van der Waals surface area contributed by atoms with Gasteiger partial charge in [-0.15, -0.1) is 0 Å². The minimum Gasteiger partial charge on any atom is -0.464 e. The van der Waals surface area contributed by atoms with E-state index in [9.17, 15) is 57.5 Å². The van der Waals surface area contributed by atoms with E-state index in [1.165, 1.54) is 32.9 Å². The number of amides is 5. The summed E-state index contributed by atoms with van der Waals surface area (Å²) in [6, 6.07) is 0. The Hall–Kier alpha value is -6.38. The number of ketones is 1. The van der Waals surface area contributed by atoms with Crippen molar-refractivity contribution >= 4 is 71.1 Å². The third-order valence-corrected chi connectivity index (χ3v) is 14.1. The zero-order valence-electron chi connectivity index (χ0n) is 58.9. The van der Waals surface area contributed by atoms with Crippen molar-refractivity contribution in [1.82, 2.24) is 20.9 Å². The molecule has 0 aromatic rings. The van der Waals surface area contributed by atoms with Gasteiger partial charge in [0.2, 0.25) is 17.7 Å². The molecule has 3 N–H and O–H groups in total. The maximum Gasteiger partial charge on any atom is 0.311 e. The highest BCUT2D eigenvalue weighted by Gasteiger charge is 2.46. The Bertz CT molecular complexity index is 2250. The van der Waals surface area contributed by atoms with E-state index in [4.69, 9.17) is 47.4 Å². The predicted molar refractivity (Wildman–Crippen MR) is 336 cm³/mol. The fourth-order valence-corrected chi connectivity index (χ4v) is 7.28. The average molecular weight is 1310 g/mol. The second-order valence-electron chi connectivity index (χ2n) is 30.6. The van der Waals surface area contributed by atoms with Crippen LogP contribution in [0.1, 0.15) is 165 Å². The second kappa shape index (κ2) is 35.8. The molecule has 0 bridgehead atoms. The quantitative estimate of drug-likeness (QED) is 0.0291. The first-order valence-corrected chi connectivity index (χ1v) is 31.2. The molecule has 0 spiro atoms. The minimum absolute atomic E-state index is 0.0191. The molecule has 0 unspecified atom stereocenters. The van der Waals surface area contributed by atoms with Crippen molar-refractivity contribution in [3.05, 3.63) is 12.2 Å². The van der Waals surface area contributed by atoms with E-state index in [0.717, 1.165) is 4.90 Å². The first kappa shape index (κ1) is 83.6. The van der Waals surface area contributed by atoms with Gasteiger partial charge in [-0.3, -0.25) is 62.4 Å². The molecule has 1 aliphatic rings. The topological polar surface area (TPSA) is 336 Å². The van der Waals surface area contributed by atoms with Crippen molar-refractivity contribution in [2.45, 2.75) is 165 Å². The SMILES string of the molecule is CC(C)(C)C(=O)OCC(C)(COC(=O)C(C)(C)C)C(=O)NCC(CNC(=O)C(C)(COC(=O)C(C)(C)C)COC(=O)C(C)(C)C)(CNC(=O)C(C)(COC(=O)C(C)(C)C)COC(=O)C(C)(C)C)COCCOCCOCCOCCCC(=O)CCN1C(=O)C=CC1=O. The molecule has 0 aromatic heterocycles. The maximum absolute atomic E-state index is 14.9. The fraction of sp³-hybridized carbons (Fsp3) is 0.788. The molecule has 26 heteroatoms. The van der Waals surface area contributed by atoms with Crippen LogP contribution in [-0.2, 0) is 105 Å². The first-order valence-electron chi connectivity index (χ1n) is 31.2. The molecule has 92 heavy (non-hydrogen) atoms. The van der Waals surface area contributed by atoms with E-state index in [1.807, 2.05) is 0 Å². The summed E-state index contributed by atoms with van der Waals surface area (Å²) in [5.41, 5.74) is -12.9. The average Bonchev–Trinajstić information content (AvgIpc) is 1.04. The Morgan fingerprint density at radius 1 is 0.337 bits per heavy atom. The number of ether oxygens (including phenoxy) is 10. The summed E-state index contributed by atoms with van der Waals surface area (Å²) >= 11 is 0. The summed E-state index contributed by atoms with van der Waals surface area (Å²) in [5.74, 6) is -7.36. The molecule has 1 rings (SSSR count). The largest absolute Gasteiger partial charge is 0.464 e. The van der Waals surface area contributed by atoms with Crippen LogP contribution in [-0.4, -0.2) is 195 Å². The van der Waals surface area contributed by atoms with E-state index < -0.39 is 179 Å². The lowest BCUT2D eigenvalue weighted by molar-refractivity contribution is -0.168. The van der Waals surface area contributed by atoms with E-state index in [-0.39, 0.29) is 78.0 Å². The number of carbonyl (C=O) groups is 12. The number of nitrogens with zero attached hydrogens (tertiary/aromatic N) is 1. The molecule has 0 aromatic carbocycles. The highest BCUT2D eigenvalue weighted by atomic mass is 16.6. The summed E-state index contributed by atoms with van der Waals surface area (Å²) < 4.78 is 57.4. The molecule has 5 amide bonds. The second-order valence-corrected chi connectivity index (χ2v) is 30.6. The van der Waals surface area contributed by atoms with Crippen molar-refractivity contribution in [3.63, 3.8) is 0 Å². The van der Waals surface area contributed by atoms with Gasteiger partial charge in [0, 0.05) is 63.2 Å². The normalized spacial score (nSPS) is 13.7. The molecule has 526 valence electrons. The standard InChI is InChI=1S/C66H110N4O22/c1-57(2,3)51(77)87-38-63(19,39-88-52(78)58(4,5)6)48(74)67-35-66(36-68-49(75)64(20,40-89-53(79)59(7,8)9)41-90-54(80)60(10,11)12,37-69-50(76)65(21,42-91-55(81)61(13,14)15)43-92-56(82)62(16,17)18)44-86-34-33-85-32-31-84-30-29-83-28-22-23-45(71)26-27-70-46(72)24-25-47(70)73/h24-25H,22-23,26-44H2,1-21H3,(H,67,74)(H,68,75)(H,69,76). The van der Waals surface area contributed by atoms with E-state index in [2.05, 4.69) is 16.0 Å². The van der Waals surface area contributed by atoms with Crippen LogP contribution < -0.4 is 16.0 Å². The zero-order chi connectivity index (χ0) is 71.0. The van der Waals surface area contributed by atoms with Gasteiger partial charge in [0.25, 0.3) is 11.8 Å². The third kappa shape index (κ3) is 30.1. The van der Waals surface area contributed by atoms with Gasteiger partial charge in [-0.05, 0) is 152 Å².